The third kappa shape index (κ3) is 4.12. The number of fused-ring (bicyclic) bond motifs is 1. The average Bonchev–Trinajstić information content (AvgIpc) is 3.34. The zero-order valence-corrected chi connectivity index (χ0v) is 15.7. The Balaban J connectivity index is 1.59. The van der Waals surface area contributed by atoms with Gasteiger partial charge < -0.3 is 10.6 Å². The van der Waals surface area contributed by atoms with Gasteiger partial charge in [-0.1, -0.05) is 18.2 Å². The van der Waals surface area contributed by atoms with E-state index in [4.69, 9.17) is 0 Å². The molecule has 1 aliphatic rings. The molecule has 0 aliphatic carbocycles. The quantitative estimate of drug-likeness (QED) is 0.599. The molecule has 10 heteroatoms. The molecule has 0 saturated heterocycles. The Bertz CT molecular complexity index is 998. The molecule has 0 saturated carbocycles. The first-order valence-electron chi connectivity index (χ1n) is 8.80. The van der Waals surface area contributed by atoms with Crippen LogP contribution in [0.4, 0.5) is 23.4 Å². The molecule has 29 heavy (non-hydrogen) atoms. The fourth-order valence-corrected chi connectivity index (χ4v) is 3.91. The van der Waals surface area contributed by atoms with E-state index >= 15 is 0 Å². The molecule has 152 valence electrons. The van der Waals surface area contributed by atoms with Crippen molar-refractivity contribution in [3.63, 3.8) is 0 Å². The minimum Gasteiger partial charge on any atom is -0.363 e. The molecule has 0 fully saturated rings. The van der Waals surface area contributed by atoms with Crippen molar-refractivity contribution < 1.29 is 22.4 Å². The number of rotatable bonds is 4. The van der Waals surface area contributed by atoms with Crippen LogP contribution >= 0.6 is 11.3 Å². The number of halogens is 4. The number of nitrogens with one attached hydrogen (secondary N) is 2. The van der Waals surface area contributed by atoms with Crippen LogP contribution in [0.2, 0.25) is 0 Å². The molecule has 0 radical (unpaired) electrons. The molecule has 1 aliphatic heterocycles. The number of thiophene rings is 1. The summed E-state index contributed by atoms with van der Waals surface area (Å²) in [5.41, 5.74) is 0.426. The van der Waals surface area contributed by atoms with Crippen LogP contribution in [0.15, 0.2) is 47.8 Å². The highest BCUT2D eigenvalue weighted by Gasteiger charge is 2.46. The van der Waals surface area contributed by atoms with Crippen molar-refractivity contribution in [2.75, 3.05) is 5.32 Å². The van der Waals surface area contributed by atoms with Crippen LogP contribution in [0.1, 0.15) is 39.4 Å². The molecular weight excluding hydrogens is 408 g/mol. The molecule has 1 amide bonds. The Hall–Kier alpha value is -2.88. The number of amides is 1. The van der Waals surface area contributed by atoms with Gasteiger partial charge in [0.2, 0.25) is 0 Å². The van der Waals surface area contributed by atoms with E-state index < -0.39 is 30.0 Å². The summed E-state index contributed by atoms with van der Waals surface area (Å²) in [6.45, 7) is 0.271. The number of hydrogen-bond acceptors (Lipinski definition) is 4. The van der Waals surface area contributed by atoms with E-state index in [1.54, 1.807) is 0 Å². The average molecular weight is 424 g/mol. The number of anilines is 1. The maximum atomic E-state index is 13.7. The predicted octanol–water partition coefficient (Wildman–Crippen LogP) is 4.67. The Morgan fingerprint density at radius 3 is 2.69 bits per heavy atom. The van der Waals surface area contributed by atoms with E-state index in [1.165, 1.54) is 41.7 Å². The Morgan fingerprint density at radius 1 is 1.28 bits per heavy atom. The van der Waals surface area contributed by atoms with Gasteiger partial charge >= 0.3 is 6.18 Å². The fourth-order valence-electron chi connectivity index (χ4n) is 3.27. The number of alkyl halides is 3. The summed E-state index contributed by atoms with van der Waals surface area (Å²) in [6.07, 6.45) is -4.87. The summed E-state index contributed by atoms with van der Waals surface area (Å²) in [4.78, 5) is 13.3. The summed E-state index contributed by atoms with van der Waals surface area (Å²) in [5, 5.41) is 11.4. The lowest BCUT2D eigenvalue weighted by molar-refractivity contribution is -0.173. The van der Waals surface area contributed by atoms with E-state index in [0.717, 1.165) is 9.56 Å². The largest absolute Gasteiger partial charge is 0.410 e. The Kier molecular flexibility index (Phi) is 5.03. The third-order valence-corrected chi connectivity index (χ3v) is 5.57. The van der Waals surface area contributed by atoms with Crippen molar-refractivity contribution in [2.24, 2.45) is 0 Å². The second-order valence-electron chi connectivity index (χ2n) is 6.66. The standard InChI is InChI=1S/C19H16F4N4OS/c20-12-5-3-11(4-6-12)14-8-16(19(21,22)23)27-17(25-14)9-15(26-27)18(28)24-10-13-2-1-7-29-13/h1-7,9,14,16,25H,8,10H2,(H,24,28)/t14-,16-/m1/s1. The van der Waals surface area contributed by atoms with Gasteiger partial charge in [-0.15, -0.1) is 11.3 Å². The van der Waals surface area contributed by atoms with Crippen LogP contribution in [-0.4, -0.2) is 21.9 Å². The van der Waals surface area contributed by atoms with Crippen molar-refractivity contribution in [2.45, 2.75) is 31.2 Å². The molecule has 2 atom stereocenters. The monoisotopic (exact) mass is 424 g/mol. The number of nitrogens with zero attached hydrogens (tertiary/aromatic N) is 2. The molecule has 1 aromatic carbocycles. The number of aromatic nitrogens is 2. The van der Waals surface area contributed by atoms with Gasteiger partial charge in [0, 0.05) is 17.4 Å². The first-order valence-corrected chi connectivity index (χ1v) is 9.68. The van der Waals surface area contributed by atoms with E-state index in [-0.39, 0.29) is 24.5 Å². The first kappa shape index (κ1) is 19.4. The van der Waals surface area contributed by atoms with Crippen molar-refractivity contribution >= 4 is 23.1 Å². The zero-order chi connectivity index (χ0) is 20.6. The Morgan fingerprint density at radius 2 is 2.03 bits per heavy atom. The van der Waals surface area contributed by atoms with E-state index in [1.807, 2.05) is 17.5 Å². The van der Waals surface area contributed by atoms with Crippen molar-refractivity contribution in [1.82, 2.24) is 15.1 Å². The van der Waals surface area contributed by atoms with Crippen LogP contribution in [0.3, 0.4) is 0 Å². The first-order chi connectivity index (χ1) is 13.8. The maximum absolute atomic E-state index is 13.7. The summed E-state index contributed by atoms with van der Waals surface area (Å²) in [6, 6.07) is 7.71. The molecule has 2 N–H and O–H groups in total. The summed E-state index contributed by atoms with van der Waals surface area (Å²) in [7, 11) is 0. The molecule has 0 spiro atoms. The van der Waals surface area contributed by atoms with Crippen LogP contribution in [0.5, 0.6) is 0 Å². The Labute approximate surface area is 167 Å². The van der Waals surface area contributed by atoms with Crippen LogP contribution < -0.4 is 10.6 Å². The van der Waals surface area contributed by atoms with Gasteiger partial charge in [-0.25, -0.2) is 9.07 Å². The lowest BCUT2D eigenvalue weighted by Crippen LogP contribution is -2.35. The van der Waals surface area contributed by atoms with Crippen LogP contribution in [-0.2, 0) is 6.54 Å². The molecular formula is C19H16F4N4OS. The molecule has 2 aromatic heterocycles. The van der Waals surface area contributed by atoms with Crippen molar-refractivity contribution in [1.29, 1.82) is 0 Å². The summed E-state index contributed by atoms with van der Waals surface area (Å²) in [5.74, 6) is -0.929. The molecule has 4 rings (SSSR count). The predicted molar refractivity (Wildman–Crippen MR) is 100 cm³/mol. The SMILES string of the molecule is O=C(NCc1cccs1)c1cc2n(n1)[C@@H](C(F)(F)F)C[C@H](c1ccc(F)cc1)N2. The van der Waals surface area contributed by atoms with Crippen LogP contribution in [0, 0.1) is 5.82 Å². The van der Waals surface area contributed by atoms with Crippen LogP contribution in [0.25, 0.3) is 0 Å². The van der Waals surface area contributed by atoms with Gasteiger partial charge in [-0.05, 0) is 29.1 Å². The lowest BCUT2D eigenvalue weighted by atomic mass is 9.97. The summed E-state index contributed by atoms with van der Waals surface area (Å²) >= 11 is 1.46. The van der Waals surface area contributed by atoms with E-state index in [0.29, 0.717) is 5.56 Å². The smallest absolute Gasteiger partial charge is 0.363 e. The van der Waals surface area contributed by atoms with E-state index in [2.05, 4.69) is 15.7 Å². The van der Waals surface area contributed by atoms with Gasteiger partial charge in [-0.3, -0.25) is 4.79 Å². The minimum atomic E-state index is -4.55. The number of carbonyl (C=O) groups excluding carboxylic acids is 1. The minimum absolute atomic E-state index is 0.0918. The topological polar surface area (TPSA) is 59.0 Å². The molecule has 0 unspecified atom stereocenters. The highest BCUT2D eigenvalue weighted by molar-refractivity contribution is 7.09. The van der Waals surface area contributed by atoms with Gasteiger partial charge in [0.15, 0.2) is 11.7 Å². The normalized spacial score (nSPS) is 18.8. The van der Waals surface area contributed by atoms with Gasteiger partial charge in [0.25, 0.3) is 5.91 Å². The van der Waals surface area contributed by atoms with E-state index in [9.17, 15) is 22.4 Å². The van der Waals surface area contributed by atoms with Gasteiger partial charge in [0.1, 0.15) is 11.6 Å². The number of benzene rings is 1. The van der Waals surface area contributed by atoms with Gasteiger partial charge in [-0.2, -0.15) is 18.3 Å². The maximum Gasteiger partial charge on any atom is 0.410 e. The second kappa shape index (κ2) is 7.51. The molecule has 0 bridgehead atoms. The summed E-state index contributed by atoms with van der Waals surface area (Å²) < 4.78 is 55.0. The molecule has 3 aromatic rings. The fraction of sp³-hybridized carbons (Fsp3) is 0.263. The van der Waals surface area contributed by atoms with Gasteiger partial charge in [0.05, 0.1) is 12.6 Å². The highest BCUT2D eigenvalue weighted by Crippen LogP contribution is 2.43. The molecule has 5 nitrogen and oxygen atoms in total. The third-order valence-electron chi connectivity index (χ3n) is 4.70. The second-order valence-corrected chi connectivity index (χ2v) is 7.70. The number of hydrogen-bond donors (Lipinski definition) is 2. The number of carbonyl (C=O) groups is 1. The molecule has 3 heterocycles. The highest BCUT2D eigenvalue weighted by atomic mass is 32.1. The zero-order valence-electron chi connectivity index (χ0n) is 14.9. The van der Waals surface area contributed by atoms with Crippen molar-refractivity contribution in [3.05, 3.63) is 69.8 Å². The van der Waals surface area contributed by atoms with Crippen molar-refractivity contribution in [3.8, 4) is 0 Å². The lowest BCUT2D eigenvalue weighted by Gasteiger charge is -2.33.